The second-order valence-electron chi connectivity index (χ2n) is 3.71. The Balaban J connectivity index is 2.94. The normalized spacial score (nSPS) is 23.9. The maximum Gasteiger partial charge on any atom is 0.407 e. The molecular formula is C10H15N2O6S-. The number of carboxylic acid groups (broad SMARTS) is 1. The molecule has 0 bridgehead atoms. The number of methoxy groups -OCH3 is 1. The highest BCUT2D eigenvalue weighted by atomic mass is 32.2. The molecule has 108 valence electrons. The third kappa shape index (κ3) is 4.54. The number of carbonyl (C=O) groups is 2. The number of amides is 1. The van der Waals surface area contributed by atoms with E-state index < -0.39 is 34.8 Å². The van der Waals surface area contributed by atoms with E-state index in [0.717, 1.165) is 5.06 Å². The Morgan fingerprint density at radius 3 is 2.74 bits per heavy atom. The topological polar surface area (TPSA) is 105 Å². The fourth-order valence-corrected chi connectivity index (χ4v) is 2.06. The molecule has 0 spiro atoms. The molecule has 0 radical (unpaired) electrons. The van der Waals surface area contributed by atoms with Gasteiger partial charge in [-0.25, -0.2) is 4.79 Å². The Labute approximate surface area is 112 Å². The molecule has 19 heavy (non-hydrogen) atoms. The zero-order chi connectivity index (χ0) is 14.4. The van der Waals surface area contributed by atoms with E-state index in [4.69, 9.17) is 4.28 Å². The molecule has 0 aromatic carbocycles. The van der Waals surface area contributed by atoms with Crippen molar-refractivity contribution in [1.29, 1.82) is 0 Å². The number of aliphatic carboxylic acids is 1. The van der Waals surface area contributed by atoms with Crippen molar-refractivity contribution in [1.82, 2.24) is 10.4 Å². The number of alkyl carbamates (subject to hydrolysis) is 1. The van der Waals surface area contributed by atoms with Crippen molar-refractivity contribution in [2.75, 3.05) is 13.7 Å². The van der Waals surface area contributed by atoms with Gasteiger partial charge in [0.2, 0.25) is 0 Å². The summed E-state index contributed by atoms with van der Waals surface area (Å²) in [6, 6.07) is -1.97. The molecule has 0 saturated carbocycles. The summed E-state index contributed by atoms with van der Waals surface area (Å²) in [6.45, 7) is 0.123. The van der Waals surface area contributed by atoms with Gasteiger partial charge >= 0.3 is 12.1 Å². The van der Waals surface area contributed by atoms with Crippen LogP contribution in [0.4, 0.5) is 4.79 Å². The summed E-state index contributed by atoms with van der Waals surface area (Å²) >= 11 is 0. The van der Waals surface area contributed by atoms with Crippen LogP contribution in [0.1, 0.15) is 6.42 Å². The van der Waals surface area contributed by atoms with Gasteiger partial charge in [0.25, 0.3) is 0 Å². The Hall–Kier alpha value is -1.58. The van der Waals surface area contributed by atoms with E-state index in [-0.39, 0.29) is 13.0 Å². The van der Waals surface area contributed by atoms with Crippen LogP contribution in [0.15, 0.2) is 12.2 Å². The highest BCUT2D eigenvalue weighted by Gasteiger charge is 2.35. The van der Waals surface area contributed by atoms with Crippen molar-refractivity contribution in [3.05, 3.63) is 12.2 Å². The number of hydroxylamine groups is 2. The first-order chi connectivity index (χ1) is 8.95. The third-order valence-corrected chi connectivity index (χ3v) is 2.81. The van der Waals surface area contributed by atoms with Gasteiger partial charge in [-0.2, -0.15) is 10.9 Å². The average Bonchev–Trinajstić information content (AvgIpc) is 2.50. The lowest BCUT2D eigenvalue weighted by atomic mass is 10.1. The van der Waals surface area contributed by atoms with Crippen LogP contribution < -0.4 is 5.32 Å². The molecule has 2 N–H and O–H groups in total. The molecule has 1 rings (SSSR count). The molecule has 0 saturated heterocycles. The number of carbonyl (C=O) groups excluding carboxylic acids is 1. The first-order valence-corrected chi connectivity index (χ1v) is 6.59. The van der Waals surface area contributed by atoms with Gasteiger partial charge in [-0.05, 0) is 6.42 Å². The maximum absolute atomic E-state index is 11.3. The van der Waals surface area contributed by atoms with E-state index in [2.05, 4.69) is 15.9 Å². The number of nitrogens with zero attached hydrogens (tertiary/aromatic N) is 1. The van der Waals surface area contributed by atoms with Crippen LogP contribution in [0.2, 0.25) is 0 Å². The molecule has 9 heteroatoms. The molecule has 0 aliphatic carbocycles. The summed E-state index contributed by atoms with van der Waals surface area (Å²) in [7, 11) is -0.725. The maximum atomic E-state index is 11.3. The van der Waals surface area contributed by atoms with Crippen molar-refractivity contribution in [2.45, 2.75) is 18.5 Å². The minimum absolute atomic E-state index is 0.123. The molecule has 0 fully saturated rings. The predicted molar refractivity (Wildman–Crippen MR) is 67.5 cm³/mol. The van der Waals surface area contributed by atoms with E-state index in [1.807, 2.05) is 0 Å². The molecule has 1 aliphatic heterocycles. The van der Waals surface area contributed by atoms with Crippen molar-refractivity contribution >= 4 is 28.6 Å². The first kappa shape index (κ1) is 15.5. The summed E-state index contributed by atoms with van der Waals surface area (Å²) in [6.07, 6.45) is 2.89. The molecule has 1 aliphatic rings. The Morgan fingerprint density at radius 2 is 2.21 bits per heavy atom. The summed E-state index contributed by atoms with van der Waals surface area (Å²) in [5, 5.41) is 12.7. The van der Waals surface area contributed by atoms with Gasteiger partial charge in [-0.15, -0.1) is 10.7 Å². The van der Waals surface area contributed by atoms with Crippen LogP contribution in [0, 0.1) is 0 Å². The average molecular weight is 291 g/mol. The second-order valence-corrected chi connectivity index (χ2v) is 4.47. The van der Waals surface area contributed by atoms with Gasteiger partial charge in [0, 0.05) is 6.54 Å². The van der Waals surface area contributed by atoms with Gasteiger partial charge in [0.15, 0.2) is 6.04 Å². The van der Waals surface area contributed by atoms with Crippen LogP contribution in [0.25, 0.3) is 0 Å². The van der Waals surface area contributed by atoms with Crippen molar-refractivity contribution in [3.8, 4) is 0 Å². The lowest BCUT2D eigenvalue weighted by Gasteiger charge is -2.32. The summed E-state index contributed by atoms with van der Waals surface area (Å²) in [5.74, 6) is 1.93. The van der Waals surface area contributed by atoms with E-state index in [0.29, 0.717) is 0 Å². The molecule has 2 atom stereocenters. The number of carboxylic acids is 1. The van der Waals surface area contributed by atoms with Gasteiger partial charge in [-0.1, -0.05) is 12.2 Å². The molecule has 2 unspecified atom stereocenters. The van der Waals surface area contributed by atoms with E-state index in [9.17, 15) is 18.9 Å². The molecule has 0 aromatic heterocycles. The third-order valence-electron chi connectivity index (χ3n) is 2.45. The van der Waals surface area contributed by atoms with Crippen LogP contribution in [0.5, 0.6) is 0 Å². The van der Waals surface area contributed by atoms with E-state index >= 15 is 0 Å². The molecule has 8 nitrogen and oxygen atoms in total. The van der Waals surface area contributed by atoms with Crippen LogP contribution in [-0.4, -0.2) is 53.8 Å². The van der Waals surface area contributed by atoms with E-state index in [1.54, 1.807) is 12.2 Å². The van der Waals surface area contributed by atoms with Crippen LogP contribution >= 0.6 is 0 Å². The van der Waals surface area contributed by atoms with Crippen molar-refractivity contribution in [3.63, 3.8) is 0 Å². The molecule has 1 heterocycles. The molecule has 1 amide bonds. The Morgan fingerprint density at radius 1 is 1.53 bits per heavy atom. The first-order valence-electron chi connectivity index (χ1n) is 5.34. The van der Waals surface area contributed by atoms with Crippen molar-refractivity contribution in [2.24, 2.45) is 0 Å². The van der Waals surface area contributed by atoms with Crippen molar-refractivity contribution < 1.29 is 27.9 Å². The Kier molecular flexibility index (Phi) is 5.80. The van der Waals surface area contributed by atoms with Gasteiger partial charge in [0.1, 0.15) is 0 Å². The highest BCUT2D eigenvalue weighted by molar-refractivity contribution is 7.77. The second kappa shape index (κ2) is 7.12. The zero-order valence-electron chi connectivity index (χ0n) is 10.3. The minimum atomic E-state index is -1.90. The fraction of sp³-hybridized carbons (Fsp3) is 0.500. The van der Waals surface area contributed by atoms with Crippen LogP contribution in [-0.2, 0) is 28.7 Å². The Bertz CT molecular complexity index is 439. The SMILES string of the molecule is C=[S-](=O)ON1CC=CCC(NC(=O)OC)C1C(=O)O. The summed E-state index contributed by atoms with van der Waals surface area (Å²) < 4.78 is 20.3. The predicted octanol–water partition coefficient (Wildman–Crippen LogP) is -0.331. The number of nitrogens with one attached hydrogen (secondary N) is 1. The minimum Gasteiger partial charge on any atom is -0.480 e. The fourth-order valence-electron chi connectivity index (χ4n) is 1.69. The number of hydrogen-bond donors (Lipinski definition) is 2. The highest BCUT2D eigenvalue weighted by Crippen LogP contribution is 2.14. The van der Waals surface area contributed by atoms with Gasteiger partial charge in [-0.3, -0.25) is 4.79 Å². The standard InChI is InChI=1S/C10H15N2O6S/c1-17-10(15)11-7-5-3-4-6-12(18-19(2)16)8(7)9(13)14/h3-4,7-8H,2,5-6H2,1H3,(H,11,15)(H,13,14)/q-1. The van der Waals surface area contributed by atoms with Crippen LogP contribution in [0.3, 0.4) is 0 Å². The summed E-state index contributed by atoms with van der Waals surface area (Å²) in [4.78, 5) is 22.5. The molecular weight excluding hydrogens is 276 g/mol. The lowest BCUT2D eigenvalue weighted by molar-refractivity contribution is -0.159. The number of ether oxygens (including phenoxy) is 1. The lowest BCUT2D eigenvalue weighted by Crippen LogP contribution is -2.54. The zero-order valence-corrected chi connectivity index (χ0v) is 11.1. The summed E-state index contributed by atoms with van der Waals surface area (Å²) in [5.41, 5.74) is 0. The van der Waals surface area contributed by atoms with E-state index in [1.165, 1.54) is 7.11 Å². The number of hydrogen-bond acceptors (Lipinski definition) is 7. The van der Waals surface area contributed by atoms with Gasteiger partial charge in [0.05, 0.1) is 13.2 Å². The smallest absolute Gasteiger partial charge is 0.407 e. The largest absolute Gasteiger partial charge is 0.480 e. The monoisotopic (exact) mass is 291 g/mol. The van der Waals surface area contributed by atoms with Gasteiger partial charge < -0.3 is 23.7 Å². The molecule has 0 aromatic rings. The number of rotatable bonds is 4. The quantitative estimate of drug-likeness (QED) is 0.415.